The maximum Gasteiger partial charge on any atom is 0.410 e. The predicted molar refractivity (Wildman–Crippen MR) is 104 cm³/mol. The minimum atomic E-state index is -0.513. The van der Waals surface area contributed by atoms with E-state index in [1.165, 1.54) is 0 Å². The van der Waals surface area contributed by atoms with Gasteiger partial charge in [-0.3, -0.25) is 9.69 Å². The summed E-state index contributed by atoms with van der Waals surface area (Å²) in [6, 6.07) is 4.91. The first kappa shape index (κ1) is 20.8. The number of benzene rings is 1. The Morgan fingerprint density at radius 3 is 2.35 bits per heavy atom. The van der Waals surface area contributed by atoms with Crippen molar-refractivity contribution in [2.24, 2.45) is 0 Å². The van der Waals surface area contributed by atoms with Crippen molar-refractivity contribution < 1.29 is 14.3 Å². The van der Waals surface area contributed by atoms with E-state index >= 15 is 0 Å². The third-order valence-electron chi connectivity index (χ3n) is 3.75. The van der Waals surface area contributed by atoms with Crippen molar-refractivity contribution in [2.75, 3.05) is 38.0 Å². The molecule has 0 aliphatic carbocycles. The van der Waals surface area contributed by atoms with Crippen LogP contribution in [0.25, 0.3) is 0 Å². The fourth-order valence-electron chi connectivity index (χ4n) is 2.67. The largest absolute Gasteiger partial charge is 0.444 e. The van der Waals surface area contributed by atoms with Crippen LogP contribution in [0.2, 0.25) is 10.0 Å². The Balaban J connectivity index is 1.85. The lowest BCUT2D eigenvalue weighted by Gasteiger charge is -2.26. The monoisotopic (exact) mass is 401 g/mol. The lowest BCUT2D eigenvalue weighted by atomic mass is 10.2. The fourth-order valence-corrected chi connectivity index (χ4v) is 3.19. The number of hydrogen-bond donors (Lipinski definition) is 1. The number of anilines is 1. The van der Waals surface area contributed by atoms with Crippen LogP contribution in [0.5, 0.6) is 0 Å². The highest BCUT2D eigenvalue weighted by atomic mass is 35.5. The summed E-state index contributed by atoms with van der Waals surface area (Å²) in [4.78, 5) is 28.2. The van der Waals surface area contributed by atoms with Crippen molar-refractivity contribution >= 4 is 40.9 Å². The van der Waals surface area contributed by atoms with Crippen LogP contribution >= 0.6 is 23.2 Å². The van der Waals surface area contributed by atoms with Crippen LogP contribution in [0.15, 0.2) is 18.2 Å². The second-order valence-corrected chi connectivity index (χ2v) is 8.18. The van der Waals surface area contributed by atoms with Gasteiger partial charge in [-0.05, 0) is 45.4 Å². The molecule has 6 nitrogen and oxygen atoms in total. The van der Waals surface area contributed by atoms with E-state index in [1.807, 2.05) is 25.7 Å². The molecule has 0 unspecified atom stereocenters. The summed E-state index contributed by atoms with van der Waals surface area (Å²) in [5.41, 5.74) is 0.0546. The summed E-state index contributed by atoms with van der Waals surface area (Å²) in [5.74, 6) is -0.144. The van der Waals surface area contributed by atoms with Gasteiger partial charge in [0, 0.05) is 41.9 Å². The zero-order valence-corrected chi connectivity index (χ0v) is 16.9. The molecule has 1 aromatic carbocycles. The van der Waals surface area contributed by atoms with E-state index < -0.39 is 5.60 Å². The molecule has 2 rings (SSSR count). The van der Waals surface area contributed by atoms with Crippen molar-refractivity contribution in [3.63, 3.8) is 0 Å². The standard InChI is InChI=1S/C18H25Cl2N3O3/c1-18(2,3)26-17(25)23-6-4-5-22(7-8-23)12-16(24)21-15-10-13(19)9-14(20)11-15/h9-11H,4-8,12H2,1-3H3,(H,21,24). The Morgan fingerprint density at radius 1 is 1.08 bits per heavy atom. The SMILES string of the molecule is CC(C)(C)OC(=O)N1CCCN(CC(=O)Nc2cc(Cl)cc(Cl)c2)CC1. The van der Waals surface area contributed by atoms with Gasteiger partial charge in [0.25, 0.3) is 0 Å². The molecule has 2 amide bonds. The van der Waals surface area contributed by atoms with E-state index in [0.29, 0.717) is 35.4 Å². The van der Waals surface area contributed by atoms with Gasteiger partial charge in [0.2, 0.25) is 5.91 Å². The van der Waals surface area contributed by atoms with Gasteiger partial charge in [0.15, 0.2) is 0 Å². The van der Waals surface area contributed by atoms with Crippen LogP contribution < -0.4 is 5.32 Å². The summed E-state index contributed by atoms with van der Waals surface area (Å²) < 4.78 is 5.41. The fraction of sp³-hybridized carbons (Fsp3) is 0.556. The molecule has 1 heterocycles. The van der Waals surface area contributed by atoms with Crippen LogP contribution in [-0.4, -0.2) is 60.1 Å². The molecular weight excluding hydrogens is 377 g/mol. The molecule has 1 N–H and O–H groups in total. The van der Waals surface area contributed by atoms with Crippen molar-refractivity contribution in [3.8, 4) is 0 Å². The topological polar surface area (TPSA) is 61.9 Å². The Bertz CT molecular complexity index is 641. The van der Waals surface area contributed by atoms with E-state index in [9.17, 15) is 9.59 Å². The van der Waals surface area contributed by atoms with Gasteiger partial charge in [0.1, 0.15) is 5.60 Å². The van der Waals surface area contributed by atoms with Crippen molar-refractivity contribution in [3.05, 3.63) is 28.2 Å². The normalized spacial score (nSPS) is 16.1. The molecule has 1 aromatic rings. The Hall–Kier alpha value is -1.50. The van der Waals surface area contributed by atoms with Crippen LogP contribution in [0.4, 0.5) is 10.5 Å². The minimum Gasteiger partial charge on any atom is -0.444 e. The van der Waals surface area contributed by atoms with Crippen molar-refractivity contribution in [1.82, 2.24) is 9.80 Å². The number of ether oxygens (including phenoxy) is 1. The first-order chi connectivity index (χ1) is 12.1. The molecule has 0 radical (unpaired) electrons. The quantitative estimate of drug-likeness (QED) is 0.834. The van der Waals surface area contributed by atoms with Crippen molar-refractivity contribution in [2.45, 2.75) is 32.8 Å². The molecule has 8 heteroatoms. The third-order valence-corrected chi connectivity index (χ3v) is 4.19. The molecule has 26 heavy (non-hydrogen) atoms. The van der Waals surface area contributed by atoms with Gasteiger partial charge in [-0.25, -0.2) is 4.79 Å². The van der Waals surface area contributed by atoms with Crippen LogP contribution in [0, 0.1) is 0 Å². The second kappa shape index (κ2) is 8.93. The summed E-state index contributed by atoms with van der Waals surface area (Å²) in [5, 5.41) is 3.74. The number of nitrogens with zero attached hydrogens (tertiary/aromatic N) is 2. The van der Waals surface area contributed by atoms with Gasteiger partial charge in [-0.15, -0.1) is 0 Å². The molecule has 144 valence electrons. The molecular formula is C18H25Cl2N3O3. The molecule has 1 aliphatic rings. The highest BCUT2D eigenvalue weighted by molar-refractivity contribution is 6.35. The number of amides is 2. The Kier molecular flexibility index (Phi) is 7.15. The lowest BCUT2D eigenvalue weighted by molar-refractivity contribution is -0.117. The smallest absolute Gasteiger partial charge is 0.410 e. The maximum absolute atomic E-state index is 12.3. The highest BCUT2D eigenvalue weighted by Crippen LogP contribution is 2.22. The average molecular weight is 402 g/mol. The summed E-state index contributed by atoms with van der Waals surface area (Å²) in [7, 11) is 0. The number of carbonyl (C=O) groups excluding carboxylic acids is 2. The van der Waals surface area contributed by atoms with Gasteiger partial charge in [0.05, 0.1) is 6.54 Å². The number of rotatable bonds is 3. The predicted octanol–water partition coefficient (Wildman–Crippen LogP) is 3.87. The molecule has 0 aromatic heterocycles. The first-order valence-corrected chi connectivity index (χ1v) is 9.34. The molecule has 0 saturated carbocycles. The van der Waals surface area contributed by atoms with Gasteiger partial charge >= 0.3 is 6.09 Å². The molecule has 0 spiro atoms. The van der Waals surface area contributed by atoms with Gasteiger partial charge < -0.3 is 15.0 Å². The summed E-state index contributed by atoms with van der Waals surface area (Å²) in [6.45, 7) is 8.30. The van der Waals surface area contributed by atoms with E-state index in [1.54, 1.807) is 23.1 Å². The summed E-state index contributed by atoms with van der Waals surface area (Å²) >= 11 is 11.9. The van der Waals surface area contributed by atoms with E-state index in [0.717, 1.165) is 13.0 Å². The first-order valence-electron chi connectivity index (χ1n) is 8.58. The molecule has 1 saturated heterocycles. The lowest BCUT2D eigenvalue weighted by Crippen LogP contribution is -2.40. The maximum atomic E-state index is 12.3. The van der Waals surface area contributed by atoms with E-state index in [-0.39, 0.29) is 18.5 Å². The Labute approximate surface area is 164 Å². The van der Waals surface area contributed by atoms with Gasteiger partial charge in [-0.2, -0.15) is 0 Å². The van der Waals surface area contributed by atoms with E-state index in [4.69, 9.17) is 27.9 Å². The number of carbonyl (C=O) groups is 2. The molecule has 1 aliphatic heterocycles. The minimum absolute atomic E-state index is 0.144. The Morgan fingerprint density at radius 2 is 1.73 bits per heavy atom. The number of hydrogen-bond acceptors (Lipinski definition) is 4. The molecule has 0 bridgehead atoms. The van der Waals surface area contributed by atoms with Gasteiger partial charge in [-0.1, -0.05) is 23.2 Å². The zero-order valence-electron chi connectivity index (χ0n) is 15.3. The van der Waals surface area contributed by atoms with Crippen molar-refractivity contribution in [1.29, 1.82) is 0 Å². The highest BCUT2D eigenvalue weighted by Gasteiger charge is 2.25. The zero-order chi connectivity index (χ0) is 19.3. The third kappa shape index (κ3) is 7.02. The summed E-state index contributed by atoms with van der Waals surface area (Å²) in [6.07, 6.45) is 0.479. The molecule has 1 fully saturated rings. The van der Waals surface area contributed by atoms with Crippen LogP contribution in [-0.2, 0) is 9.53 Å². The molecule has 0 atom stereocenters. The number of nitrogens with one attached hydrogen (secondary N) is 1. The van der Waals surface area contributed by atoms with E-state index in [2.05, 4.69) is 5.32 Å². The average Bonchev–Trinajstić information content (AvgIpc) is 2.69. The van der Waals surface area contributed by atoms with Crippen LogP contribution in [0.1, 0.15) is 27.2 Å². The van der Waals surface area contributed by atoms with Crippen LogP contribution in [0.3, 0.4) is 0 Å². The number of halogens is 2. The second-order valence-electron chi connectivity index (χ2n) is 7.30.